The maximum Gasteiger partial charge on any atom is 0.136 e. The standard InChI is InChI=1S/C14H27N3O2/c1-6-19-12(14(2,3)4)13-16-10-11(17-13)9-15-7-8-18-5/h10,12,15H,6-9H2,1-5H3,(H,16,17). The number of rotatable bonds is 8. The molecule has 1 aromatic rings. The Bertz CT molecular complexity index is 358. The predicted octanol–water partition coefficient (Wildman–Crippen LogP) is 2.27. The van der Waals surface area contributed by atoms with Gasteiger partial charge in [0.25, 0.3) is 0 Å². The molecule has 5 nitrogen and oxygen atoms in total. The van der Waals surface area contributed by atoms with Crippen LogP contribution in [0.2, 0.25) is 0 Å². The van der Waals surface area contributed by atoms with Gasteiger partial charge in [-0.05, 0) is 12.3 Å². The zero-order valence-corrected chi connectivity index (χ0v) is 12.7. The second-order valence-corrected chi connectivity index (χ2v) is 5.66. The van der Waals surface area contributed by atoms with Crippen molar-refractivity contribution in [2.75, 3.05) is 26.9 Å². The quantitative estimate of drug-likeness (QED) is 0.711. The van der Waals surface area contributed by atoms with E-state index in [1.54, 1.807) is 7.11 Å². The summed E-state index contributed by atoms with van der Waals surface area (Å²) in [5, 5.41) is 3.29. The molecule has 2 N–H and O–H groups in total. The highest BCUT2D eigenvalue weighted by molar-refractivity contribution is 5.05. The van der Waals surface area contributed by atoms with Crippen LogP contribution in [0.3, 0.4) is 0 Å². The van der Waals surface area contributed by atoms with Crippen molar-refractivity contribution < 1.29 is 9.47 Å². The van der Waals surface area contributed by atoms with E-state index in [0.29, 0.717) is 13.2 Å². The molecule has 0 amide bonds. The zero-order chi connectivity index (χ0) is 14.3. The molecule has 0 saturated heterocycles. The normalized spacial score (nSPS) is 13.7. The molecule has 0 aromatic carbocycles. The monoisotopic (exact) mass is 269 g/mol. The Morgan fingerprint density at radius 3 is 2.74 bits per heavy atom. The number of ether oxygens (including phenoxy) is 2. The third-order valence-electron chi connectivity index (χ3n) is 2.81. The largest absolute Gasteiger partial charge is 0.383 e. The van der Waals surface area contributed by atoms with Gasteiger partial charge >= 0.3 is 0 Å². The van der Waals surface area contributed by atoms with Crippen molar-refractivity contribution in [3.8, 4) is 0 Å². The summed E-state index contributed by atoms with van der Waals surface area (Å²) in [6, 6.07) is 0. The van der Waals surface area contributed by atoms with Crippen LogP contribution in [0.5, 0.6) is 0 Å². The summed E-state index contributed by atoms with van der Waals surface area (Å²) in [5.74, 6) is 0.901. The molecule has 1 unspecified atom stereocenters. The lowest BCUT2D eigenvalue weighted by atomic mass is 9.88. The molecule has 0 bridgehead atoms. The van der Waals surface area contributed by atoms with Crippen molar-refractivity contribution in [3.63, 3.8) is 0 Å². The van der Waals surface area contributed by atoms with E-state index in [-0.39, 0.29) is 11.5 Å². The number of hydrogen-bond donors (Lipinski definition) is 2. The van der Waals surface area contributed by atoms with E-state index >= 15 is 0 Å². The number of aromatic amines is 1. The minimum atomic E-state index is -0.00905. The van der Waals surface area contributed by atoms with Gasteiger partial charge in [-0.2, -0.15) is 0 Å². The topological polar surface area (TPSA) is 59.2 Å². The molecule has 0 radical (unpaired) electrons. The van der Waals surface area contributed by atoms with Gasteiger partial charge in [-0.25, -0.2) is 4.98 Å². The summed E-state index contributed by atoms with van der Waals surface area (Å²) < 4.78 is 10.8. The average molecular weight is 269 g/mol. The SMILES string of the molecule is CCOC(c1ncc(CNCCOC)[nH]1)C(C)(C)C. The number of methoxy groups -OCH3 is 1. The van der Waals surface area contributed by atoms with Crippen molar-refractivity contribution in [2.45, 2.75) is 40.3 Å². The fourth-order valence-corrected chi connectivity index (χ4v) is 1.90. The second-order valence-electron chi connectivity index (χ2n) is 5.66. The number of aromatic nitrogens is 2. The van der Waals surface area contributed by atoms with Gasteiger partial charge < -0.3 is 19.8 Å². The van der Waals surface area contributed by atoms with Crippen LogP contribution in [-0.2, 0) is 16.0 Å². The van der Waals surface area contributed by atoms with Gasteiger partial charge in [0.1, 0.15) is 11.9 Å². The third kappa shape index (κ3) is 5.30. The minimum absolute atomic E-state index is 0.00905. The highest BCUT2D eigenvalue weighted by Gasteiger charge is 2.29. The molecule has 1 rings (SSSR count). The fourth-order valence-electron chi connectivity index (χ4n) is 1.90. The number of nitrogens with one attached hydrogen (secondary N) is 2. The summed E-state index contributed by atoms with van der Waals surface area (Å²) in [7, 11) is 1.70. The van der Waals surface area contributed by atoms with Crippen LogP contribution in [0, 0.1) is 5.41 Å². The molecule has 0 aliphatic rings. The van der Waals surface area contributed by atoms with E-state index in [9.17, 15) is 0 Å². The van der Waals surface area contributed by atoms with Gasteiger partial charge in [-0.3, -0.25) is 0 Å². The lowest BCUT2D eigenvalue weighted by Gasteiger charge is -2.28. The number of nitrogens with zero attached hydrogens (tertiary/aromatic N) is 1. The van der Waals surface area contributed by atoms with Gasteiger partial charge in [0, 0.05) is 38.7 Å². The van der Waals surface area contributed by atoms with E-state index in [1.165, 1.54) is 0 Å². The van der Waals surface area contributed by atoms with Crippen molar-refractivity contribution in [1.29, 1.82) is 0 Å². The summed E-state index contributed by atoms with van der Waals surface area (Å²) >= 11 is 0. The third-order valence-corrected chi connectivity index (χ3v) is 2.81. The second kappa shape index (κ2) is 7.62. The molecular formula is C14H27N3O2. The molecule has 110 valence electrons. The van der Waals surface area contributed by atoms with E-state index in [2.05, 4.69) is 36.1 Å². The molecule has 1 aromatic heterocycles. The molecular weight excluding hydrogens is 242 g/mol. The average Bonchev–Trinajstić information content (AvgIpc) is 2.78. The highest BCUT2D eigenvalue weighted by atomic mass is 16.5. The molecule has 0 aliphatic carbocycles. The maximum absolute atomic E-state index is 5.81. The van der Waals surface area contributed by atoms with Gasteiger partial charge in [0.15, 0.2) is 0 Å². The first-order chi connectivity index (χ1) is 8.99. The molecule has 19 heavy (non-hydrogen) atoms. The van der Waals surface area contributed by atoms with Crippen LogP contribution in [0.1, 0.15) is 45.3 Å². The van der Waals surface area contributed by atoms with Crippen molar-refractivity contribution in [2.24, 2.45) is 5.41 Å². The van der Waals surface area contributed by atoms with Crippen molar-refractivity contribution in [3.05, 3.63) is 17.7 Å². The Labute approximate surface area is 116 Å². The Kier molecular flexibility index (Phi) is 6.48. The van der Waals surface area contributed by atoms with Gasteiger partial charge in [0.2, 0.25) is 0 Å². The van der Waals surface area contributed by atoms with Crippen LogP contribution in [0.15, 0.2) is 6.20 Å². The summed E-state index contributed by atoms with van der Waals surface area (Å²) in [5.41, 5.74) is 1.09. The Morgan fingerprint density at radius 2 is 2.16 bits per heavy atom. The Morgan fingerprint density at radius 1 is 1.42 bits per heavy atom. The maximum atomic E-state index is 5.81. The van der Waals surface area contributed by atoms with Crippen LogP contribution in [0.25, 0.3) is 0 Å². The molecule has 0 fully saturated rings. The van der Waals surface area contributed by atoms with E-state index < -0.39 is 0 Å². The fraction of sp³-hybridized carbons (Fsp3) is 0.786. The van der Waals surface area contributed by atoms with E-state index in [4.69, 9.17) is 9.47 Å². The summed E-state index contributed by atoms with van der Waals surface area (Å²) in [6.45, 7) is 11.5. The molecule has 1 atom stereocenters. The van der Waals surface area contributed by atoms with Gasteiger partial charge in [0.05, 0.1) is 6.61 Å². The van der Waals surface area contributed by atoms with Gasteiger partial charge in [-0.15, -0.1) is 0 Å². The lowest BCUT2D eigenvalue weighted by Crippen LogP contribution is -2.23. The smallest absolute Gasteiger partial charge is 0.136 e. The van der Waals surface area contributed by atoms with Crippen LogP contribution in [-0.4, -0.2) is 36.8 Å². The first-order valence-corrected chi connectivity index (χ1v) is 6.84. The number of H-pyrrole nitrogens is 1. The highest BCUT2D eigenvalue weighted by Crippen LogP contribution is 2.34. The minimum Gasteiger partial charge on any atom is -0.383 e. The Hall–Kier alpha value is -0.910. The van der Waals surface area contributed by atoms with Crippen LogP contribution < -0.4 is 5.32 Å². The Balaban J connectivity index is 2.60. The van der Waals surface area contributed by atoms with Crippen LogP contribution >= 0.6 is 0 Å². The first-order valence-electron chi connectivity index (χ1n) is 6.84. The zero-order valence-electron chi connectivity index (χ0n) is 12.7. The number of hydrogen-bond acceptors (Lipinski definition) is 4. The van der Waals surface area contributed by atoms with Crippen molar-refractivity contribution >= 4 is 0 Å². The van der Waals surface area contributed by atoms with E-state index in [0.717, 1.165) is 24.6 Å². The van der Waals surface area contributed by atoms with Gasteiger partial charge in [-0.1, -0.05) is 20.8 Å². The van der Waals surface area contributed by atoms with Crippen molar-refractivity contribution in [1.82, 2.24) is 15.3 Å². The van der Waals surface area contributed by atoms with E-state index in [1.807, 2.05) is 13.1 Å². The molecule has 0 saturated carbocycles. The van der Waals surface area contributed by atoms with Crippen LogP contribution in [0.4, 0.5) is 0 Å². The molecule has 1 heterocycles. The lowest BCUT2D eigenvalue weighted by molar-refractivity contribution is -0.0186. The molecule has 5 heteroatoms. The molecule has 0 spiro atoms. The summed E-state index contributed by atoms with van der Waals surface area (Å²) in [4.78, 5) is 7.79. The summed E-state index contributed by atoms with van der Waals surface area (Å²) in [6.07, 6.45) is 1.86. The first kappa shape index (κ1) is 16.1. The number of imidazole rings is 1. The molecule has 0 aliphatic heterocycles. The predicted molar refractivity (Wildman–Crippen MR) is 76.0 cm³/mol.